The van der Waals surface area contributed by atoms with Crippen LogP contribution in [0.5, 0.6) is 0 Å². The molecule has 0 aromatic carbocycles. The summed E-state index contributed by atoms with van der Waals surface area (Å²) in [5.74, 6) is -0.711. The largest absolute Gasteiger partial charge is 0.293 e. The maximum absolute atomic E-state index is 12.3. The van der Waals surface area contributed by atoms with Crippen molar-refractivity contribution in [1.82, 2.24) is 10.9 Å². The number of Topliss-reactive ketones (excluding diaryl/α,β-unsaturated/α-hetero) is 1. The van der Waals surface area contributed by atoms with E-state index < -0.39 is 0 Å². The second-order valence-corrected chi connectivity index (χ2v) is 8.46. The summed E-state index contributed by atoms with van der Waals surface area (Å²) in [4.78, 5) is 38.6. The van der Waals surface area contributed by atoms with Gasteiger partial charge in [0.05, 0.1) is 9.75 Å². The average molecular weight is 391 g/mol. The lowest BCUT2D eigenvalue weighted by molar-refractivity contribution is -0.121. The fraction of sp³-hybridized carbons (Fsp3) is 0.421. The van der Waals surface area contributed by atoms with Crippen molar-refractivity contribution in [2.24, 2.45) is 0 Å². The van der Waals surface area contributed by atoms with Crippen molar-refractivity contribution < 1.29 is 14.4 Å². The molecule has 2 heterocycles. The Hall–Kier alpha value is -1.99. The molecule has 0 saturated heterocycles. The van der Waals surface area contributed by atoms with Gasteiger partial charge in [-0.1, -0.05) is 18.9 Å². The fourth-order valence-corrected chi connectivity index (χ4v) is 4.84. The monoisotopic (exact) mass is 390 g/mol. The quantitative estimate of drug-likeness (QED) is 0.601. The summed E-state index contributed by atoms with van der Waals surface area (Å²) >= 11 is 2.88. The number of aryl methyl sites for hydroxylation is 2. The number of fused-ring (bicyclic) bond motifs is 1. The van der Waals surface area contributed by atoms with Gasteiger partial charge in [-0.15, -0.1) is 22.7 Å². The fourth-order valence-electron chi connectivity index (χ4n) is 2.99. The van der Waals surface area contributed by atoms with Gasteiger partial charge in [0.25, 0.3) is 5.91 Å². The first-order valence-electron chi connectivity index (χ1n) is 8.91. The van der Waals surface area contributed by atoms with Crippen LogP contribution in [0.4, 0.5) is 0 Å². The summed E-state index contributed by atoms with van der Waals surface area (Å²) in [5, 5.41) is 1.83. The zero-order valence-electron chi connectivity index (χ0n) is 14.5. The SMILES string of the molecule is O=C(CCC(=O)c1cccs1)NNC(=O)c1cc2c(s1)CCCCCC2. The zero-order valence-corrected chi connectivity index (χ0v) is 16.1. The van der Waals surface area contributed by atoms with Crippen LogP contribution in [-0.4, -0.2) is 17.6 Å². The zero-order chi connectivity index (χ0) is 18.4. The lowest BCUT2D eigenvalue weighted by Gasteiger charge is -2.07. The van der Waals surface area contributed by atoms with E-state index in [1.165, 1.54) is 58.8 Å². The Morgan fingerprint density at radius 2 is 1.77 bits per heavy atom. The predicted octanol–water partition coefficient (Wildman–Crippen LogP) is 3.89. The maximum Gasteiger partial charge on any atom is 0.279 e. The third-order valence-electron chi connectivity index (χ3n) is 4.41. The highest BCUT2D eigenvalue weighted by Crippen LogP contribution is 2.28. The molecule has 7 heteroatoms. The second-order valence-electron chi connectivity index (χ2n) is 6.38. The van der Waals surface area contributed by atoms with Crippen LogP contribution in [0.1, 0.15) is 68.3 Å². The second kappa shape index (κ2) is 9.09. The van der Waals surface area contributed by atoms with Crippen LogP contribution in [0, 0.1) is 0 Å². The van der Waals surface area contributed by atoms with E-state index >= 15 is 0 Å². The Kier molecular flexibility index (Phi) is 6.57. The summed E-state index contributed by atoms with van der Waals surface area (Å²) < 4.78 is 0. The van der Waals surface area contributed by atoms with Crippen molar-refractivity contribution in [1.29, 1.82) is 0 Å². The van der Waals surface area contributed by atoms with Gasteiger partial charge >= 0.3 is 0 Å². The Morgan fingerprint density at radius 3 is 2.54 bits per heavy atom. The highest BCUT2D eigenvalue weighted by Gasteiger charge is 2.17. The maximum atomic E-state index is 12.3. The van der Waals surface area contributed by atoms with Gasteiger partial charge in [0.2, 0.25) is 5.91 Å². The molecule has 0 unspecified atom stereocenters. The minimum atomic E-state index is -0.363. The van der Waals surface area contributed by atoms with Gasteiger partial charge < -0.3 is 0 Å². The van der Waals surface area contributed by atoms with Crippen molar-refractivity contribution in [3.05, 3.63) is 43.8 Å². The lowest BCUT2D eigenvalue weighted by atomic mass is 10.00. The van der Waals surface area contributed by atoms with Crippen LogP contribution in [-0.2, 0) is 17.6 Å². The van der Waals surface area contributed by atoms with Crippen LogP contribution < -0.4 is 10.9 Å². The van der Waals surface area contributed by atoms with E-state index in [9.17, 15) is 14.4 Å². The number of nitrogens with one attached hydrogen (secondary N) is 2. The Balaban J connectivity index is 1.47. The van der Waals surface area contributed by atoms with Crippen LogP contribution >= 0.6 is 22.7 Å². The van der Waals surface area contributed by atoms with Crippen LogP contribution in [0.15, 0.2) is 23.6 Å². The number of amides is 2. The van der Waals surface area contributed by atoms with Crippen molar-refractivity contribution in [2.75, 3.05) is 0 Å². The minimum Gasteiger partial charge on any atom is -0.293 e. The Bertz CT molecular complexity index is 755. The normalized spacial score (nSPS) is 14.0. The number of carbonyl (C=O) groups excluding carboxylic acids is 3. The highest BCUT2D eigenvalue weighted by atomic mass is 32.1. The van der Waals surface area contributed by atoms with Crippen LogP contribution in [0.3, 0.4) is 0 Å². The number of rotatable bonds is 5. The van der Waals surface area contributed by atoms with Gasteiger partial charge in [-0.2, -0.15) is 0 Å². The smallest absolute Gasteiger partial charge is 0.279 e. The average Bonchev–Trinajstić information content (AvgIpc) is 3.28. The molecule has 5 nitrogen and oxygen atoms in total. The number of carbonyl (C=O) groups is 3. The van der Waals surface area contributed by atoms with Gasteiger partial charge in [0.15, 0.2) is 5.78 Å². The standard InChI is InChI=1S/C19H22N2O3S2/c22-14(16-8-5-11-25-16)9-10-18(23)20-21-19(24)17-12-13-6-3-1-2-4-7-15(13)26-17/h5,8,11-12H,1-4,6-7,9-10H2,(H,20,23)(H,21,24). The number of thiophene rings is 2. The Labute approximate surface area is 160 Å². The van der Waals surface area contributed by atoms with Gasteiger partial charge in [-0.25, -0.2) is 0 Å². The molecule has 0 saturated carbocycles. The molecule has 0 bridgehead atoms. The number of hydrazine groups is 1. The van der Waals surface area contributed by atoms with Crippen molar-refractivity contribution in [3.8, 4) is 0 Å². The topological polar surface area (TPSA) is 75.3 Å². The van der Waals surface area contributed by atoms with Crippen LogP contribution in [0.25, 0.3) is 0 Å². The molecule has 0 aliphatic heterocycles. The van der Waals surface area contributed by atoms with Crippen molar-refractivity contribution in [2.45, 2.75) is 51.4 Å². The van der Waals surface area contributed by atoms with E-state index in [0.717, 1.165) is 12.8 Å². The summed E-state index contributed by atoms with van der Waals surface area (Å²) in [6.45, 7) is 0. The van der Waals surface area contributed by atoms with E-state index in [1.807, 2.05) is 17.5 Å². The van der Waals surface area contributed by atoms with E-state index in [4.69, 9.17) is 0 Å². The van der Waals surface area contributed by atoms with E-state index in [1.54, 1.807) is 6.07 Å². The molecular formula is C19H22N2O3S2. The minimum absolute atomic E-state index is 0.0535. The van der Waals surface area contributed by atoms with Gasteiger partial charge in [0.1, 0.15) is 0 Å². The number of ketones is 1. The molecule has 1 aliphatic rings. The predicted molar refractivity (Wildman–Crippen MR) is 104 cm³/mol. The van der Waals surface area contributed by atoms with E-state index in [-0.39, 0.29) is 30.4 Å². The molecule has 2 N–H and O–H groups in total. The third kappa shape index (κ3) is 5.02. The molecule has 0 fully saturated rings. The number of hydrogen-bond donors (Lipinski definition) is 2. The first-order chi connectivity index (χ1) is 12.6. The Morgan fingerprint density at radius 1 is 0.962 bits per heavy atom. The molecule has 26 heavy (non-hydrogen) atoms. The highest BCUT2D eigenvalue weighted by molar-refractivity contribution is 7.14. The number of hydrogen-bond acceptors (Lipinski definition) is 5. The molecule has 138 valence electrons. The summed E-state index contributed by atoms with van der Waals surface area (Å²) in [6, 6.07) is 5.51. The van der Waals surface area contributed by atoms with E-state index in [2.05, 4.69) is 10.9 Å². The molecular weight excluding hydrogens is 368 g/mol. The molecule has 2 aromatic rings. The van der Waals surface area contributed by atoms with Gasteiger partial charge in [-0.3, -0.25) is 25.2 Å². The third-order valence-corrected chi connectivity index (χ3v) is 6.56. The molecule has 0 radical (unpaired) electrons. The summed E-state index contributed by atoms with van der Waals surface area (Å²) in [6.07, 6.45) is 7.08. The molecule has 2 amide bonds. The molecule has 3 rings (SSSR count). The van der Waals surface area contributed by atoms with Gasteiger partial charge in [0, 0.05) is 17.7 Å². The van der Waals surface area contributed by atoms with E-state index in [0.29, 0.717) is 9.75 Å². The molecule has 0 atom stereocenters. The molecule has 1 aliphatic carbocycles. The summed E-state index contributed by atoms with van der Waals surface area (Å²) in [5.41, 5.74) is 6.14. The first-order valence-corrected chi connectivity index (χ1v) is 10.6. The van der Waals surface area contributed by atoms with Crippen molar-refractivity contribution >= 4 is 40.3 Å². The lowest BCUT2D eigenvalue weighted by Crippen LogP contribution is -2.41. The van der Waals surface area contributed by atoms with Crippen LogP contribution in [0.2, 0.25) is 0 Å². The van der Waals surface area contributed by atoms with Crippen molar-refractivity contribution in [3.63, 3.8) is 0 Å². The molecule has 0 spiro atoms. The van der Waals surface area contributed by atoms with Gasteiger partial charge in [-0.05, 0) is 48.8 Å². The molecule has 2 aromatic heterocycles. The first kappa shape index (κ1) is 18.8. The summed E-state index contributed by atoms with van der Waals surface area (Å²) in [7, 11) is 0.